The molecular formula is C14H17NO2S. The molecule has 0 amide bonds. The number of hydrogen-bond donors (Lipinski definition) is 1. The van der Waals surface area contributed by atoms with Gasteiger partial charge >= 0.3 is 0 Å². The number of aromatic nitrogens is 1. The zero-order chi connectivity index (χ0) is 13.0. The number of thiazole rings is 1. The predicted octanol–water partition coefficient (Wildman–Crippen LogP) is 2.87. The lowest BCUT2D eigenvalue weighted by Crippen LogP contribution is -2.03. The molecule has 1 N–H and O–H groups in total. The summed E-state index contributed by atoms with van der Waals surface area (Å²) < 4.78 is 5.82. The Morgan fingerprint density at radius 1 is 1.28 bits per heavy atom. The van der Waals surface area contributed by atoms with E-state index in [-0.39, 0.29) is 6.61 Å². The van der Waals surface area contributed by atoms with Gasteiger partial charge in [0.05, 0.1) is 23.1 Å². The second-order valence-corrected chi connectivity index (χ2v) is 5.40. The molecule has 0 aliphatic rings. The number of benzene rings is 1. The quantitative estimate of drug-likeness (QED) is 0.902. The van der Waals surface area contributed by atoms with Crippen molar-refractivity contribution < 1.29 is 9.84 Å². The van der Waals surface area contributed by atoms with Crippen molar-refractivity contribution in [1.29, 1.82) is 0 Å². The molecule has 2 aromatic rings. The van der Waals surface area contributed by atoms with Crippen LogP contribution in [0.3, 0.4) is 0 Å². The molecule has 0 saturated heterocycles. The third-order valence-electron chi connectivity index (χ3n) is 2.73. The van der Waals surface area contributed by atoms with E-state index in [1.54, 1.807) is 6.20 Å². The van der Waals surface area contributed by atoms with Crippen LogP contribution in [0.4, 0.5) is 0 Å². The molecule has 0 radical (unpaired) electrons. The number of nitrogens with zero attached hydrogens (tertiary/aromatic N) is 1. The van der Waals surface area contributed by atoms with Gasteiger partial charge in [0, 0.05) is 12.6 Å². The van der Waals surface area contributed by atoms with E-state index in [4.69, 9.17) is 9.84 Å². The number of aliphatic hydroxyl groups is 1. The van der Waals surface area contributed by atoms with Gasteiger partial charge in [0.1, 0.15) is 5.75 Å². The molecular weight excluding hydrogens is 246 g/mol. The van der Waals surface area contributed by atoms with Crippen molar-refractivity contribution in [2.75, 3.05) is 6.61 Å². The maximum absolute atomic E-state index is 8.97. The molecule has 0 bridgehead atoms. The van der Waals surface area contributed by atoms with Gasteiger partial charge in [0.25, 0.3) is 0 Å². The zero-order valence-corrected chi connectivity index (χ0v) is 11.5. The van der Waals surface area contributed by atoms with Crippen LogP contribution in [0.15, 0.2) is 24.4 Å². The summed E-state index contributed by atoms with van der Waals surface area (Å²) in [6.07, 6.45) is 2.50. The molecule has 0 fully saturated rings. The number of ether oxygens (including phenoxy) is 1. The average Bonchev–Trinajstić information content (AvgIpc) is 2.81. The highest BCUT2D eigenvalue weighted by molar-refractivity contribution is 7.11. The summed E-state index contributed by atoms with van der Waals surface area (Å²) in [4.78, 5) is 5.14. The Morgan fingerprint density at radius 2 is 2.00 bits per heavy atom. The Morgan fingerprint density at radius 3 is 2.61 bits per heavy atom. The van der Waals surface area contributed by atoms with E-state index < -0.39 is 0 Å². The predicted molar refractivity (Wildman–Crippen MR) is 73.2 cm³/mol. The Balaban J connectivity index is 1.92. The number of rotatable bonds is 5. The van der Waals surface area contributed by atoms with Crippen molar-refractivity contribution in [3.05, 3.63) is 45.4 Å². The van der Waals surface area contributed by atoms with Gasteiger partial charge in [0.2, 0.25) is 0 Å². The summed E-state index contributed by atoms with van der Waals surface area (Å²) in [5.74, 6) is 0.969. The first-order valence-electron chi connectivity index (χ1n) is 5.94. The molecule has 1 aromatic carbocycles. The van der Waals surface area contributed by atoms with Crippen LogP contribution in [-0.2, 0) is 13.0 Å². The summed E-state index contributed by atoms with van der Waals surface area (Å²) in [6.45, 7) is 4.78. The lowest BCUT2D eigenvalue weighted by molar-refractivity contribution is 0.285. The normalized spacial score (nSPS) is 10.6. The second-order valence-electron chi connectivity index (χ2n) is 4.20. The minimum atomic E-state index is 0.0649. The summed E-state index contributed by atoms with van der Waals surface area (Å²) in [7, 11) is 0. The highest BCUT2D eigenvalue weighted by Crippen LogP contribution is 2.22. The van der Waals surface area contributed by atoms with Crippen LogP contribution in [0.2, 0.25) is 0 Å². The van der Waals surface area contributed by atoms with Gasteiger partial charge in [-0.05, 0) is 25.0 Å². The van der Waals surface area contributed by atoms with Gasteiger partial charge in [0.15, 0.2) is 0 Å². The van der Waals surface area contributed by atoms with Crippen LogP contribution >= 0.6 is 11.3 Å². The number of para-hydroxylation sites is 1. The minimum Gasteiger partial charge on any atom is -0.493 e. The average molecular weight is 263 g/mol. The third kappa shape index (κ3) is 3.09. The third-order valence-corrected chi connectivity index (χ3v) is 3.77. The maximum Gasteiger partial charge on any atom is 0.125 e. The lowest BCUT2D eigenvalue weighted by Gasteiger charge is -2.10. The first-order chi connectivity index (χ1) is 8.70. The fraction of sp³-hybridized carbons (Fsp3) is 0.357. The number of aliphatic hydroxyl groups excluding tert-OH is 1. The van der Waals surface area contributed by atoms with E-state index >= 15 is 0 Å². The topological polar surface area (TPSA) is 42.4 Å². The molecule has 3 nitrogen and oxygen atoms in total. The number of aryl methyl sites for hydroxylation is 2. The highest BCUT2D eigenvalue weighted by atomic mass is 32.1. The summed E-state index contributed by atoms with van der Waals surface area (Å²) in [6, 6.07) is 6.14. The molecule has 0 aliphatic carbocycles. The van der Waals surface area contributed by atoms with E-state index in [0.29, 0.717) is 6.61 Å². The molecule has 0 atom stereocenters. The van der Waals surface area contributed by atoms with Crippen molar-refractivity contribution in [3.8, 4) is 5.75 Å². The monoisotopic (exact) mass is 263 g/mol. The molecule has 96 valence electrons. The van der Waals surface area contributed by atoms with Crippen molar-refractivity contribution >= 4 is 11.3 Å². The van der Waals surface area contributed by atoms with Crippen molar-refractivity contribution in [1.82, 2.24) is 4.98 Å². The van der Waals surface area contributed by atoms with E-state index in [1.807, 2.05) is 6.07 Å². The Labute approximate surface area is 111 Å². The Hall–Kier alpha value is -1.39. The minimum absolute atomic E-state index is 0.0649. The van der Waals surface area contributed by atoms with Crippen LogP contribution in [0.25, 0.3) is 0 Å². The van der Waals surface area contributed by atoms with E-state index in [1.165, 1.54) is 11.3 Å². The molecule has 4 heteroatoms. The van der Waals surface area contributed by atoms with Crippen molar-refractivity contribution in [2.45, 2.75) is 26.9 Å². The first-order valence-corrected chi connectivity index (χ1v) is 6.76. The largest absolute Gasteiger partial charge is 0.493 e. The van der Waals surface area contributed by atoms with Crippen LogP contribution in [0.5, 0.6) is 5.75 Å². The molecule has 0 spiro atoms. The Bertz CT molecular complexity index is 502. The molecule has 1 heterocycles. The van der Waals surface area contributed by atoms with E-state index in [9.17, 15) is 0 Å². The molecule has 1 aromatic heterocycles. The molecule has 18 heavy (non-hydrogen) atoms. The fourth-order valence-electron chi connectivity index (χ4n) is 1.80. The Kier molecular flexibility index (Phi) is 4.33. The second kappa shape index (κ2) is 5.98. The van der Waals surface area contributed by atoms with Crippen molar-refractivity contribution in [3.63, 3.8) is 0 Å². The molecule has 0 saturated carbocycles. The zero-order valence-electron chi connectivity index (χ0n) is 10.6. The molecule has 2 rings (SSSR count). The van der Waals surface area contributed by atoms with Gasteiger partial charge in [-0.3, -0.25) is 0 Å². The smallest absolute Gasteiger partial charge is 0.125 e. The summed E-state index contributed by atoms with van der Waals surface area (Å²) in [5, 5.41) is 9.97. The number of hydrogen-bond acceptors (Lipinski definition) is 4. The van der Waals surface area contributed by atoms with Crippen LogP contribution in [0, 0.1) is 13.8 Å². The van der Waals surface area contributed by atoms with Gasteiger partial charge in [-0.1, -0.05) is 18.2 Å². The summed E-state index contributed by atoms with van der Waals surface area (Å²) >= 11 is 1.54. The van der Waals surface area contributed by atoms with Gasteiger partial charge in [-0.15, -0.1) is 11.3 Å². The molecule has 0 aliphatic heterocycles. The van der Waals surface area contributed by atoms with Crippen LogP contribution in [-0.4, -0.2) is 16.7 Å². The standard InChI is InChI=1S/C14H17NO2S/c1-10-4-3-5-11(2)14(10)17-7-6-13-15-8-12(9-16)18-13/h3-5,8,16H,6-7,9H2,1-2H3. The first kappa shape index (κ1) is 13.1. The van der Waals surface area contributed by atoms with E-state index in [2.05, 4.69) is 31.0 Å². The van der Waals surface area contributed by atoms with Gasteiger partial charge in [-0.2, -0.15) is 0 Å². The fourth-order valence-corrected chi connectivity index (χ4v) is 2.57. The van der Waals surface area contributed by atoms with Gasteiger partial charge < -0.3 is 9.84 Å². The lowest BCUT2D eigenvalue weighted by atomic mass is 10.1. The van der Waals surface area contributed by atoms with E-state index in [0.717, 1.165) is 33.2 Å². The van der Waals surface area contributed by atoms with Crippen LogP contribution in [0.1, 0.15) is 21.0 Å². The molecule has 0 unspecified atom stereocenters. The van der Waals surface area contributed by atoms with Crippen LogP contribution < -0.4 is 4.74 Å². The van der Waals surface area contributed by atoms with Crippen molar-refractivity contribution in [2.24, 2.45) is 0 Å². The maximum atomic E-state index is 8.97. The highest BCUT2D eigenvalue weighted by Gasteiger charge is 2.05. The van der Waals surface area contributed by atoms with Gasteiger partial charge in [-0.25, -0.2) is 4.98 Å². The summed E-state index contributed by atoms with van der Waals surface area (Å²) in [5.41, 5.74) is 2.32. The SMILES string of the molecule is Cc1cccc(C)c1OCCc1ncc(CO)s1.